The molecule has 0 aliphatic carbocycles. The zero-order chi connectivity index (χ0) is 29.3. The number of anilines is 3. The summed E-state index contributed by atoms with van der Waals surface area (Å²) in [5, 5.41) is 2.53. The quantitative estimate of drug-likeness (QED) is 0.432. The Morgan fingerprint density at radius 3 is 2.44 bits per heavy atom. The van der Waals surface area contributed by atoms with E-state index in [0.717, 1.165) is 12.6 Å². The van der Waals surface area contributed by atoms with Gasteiger partial charge in [0.15, 0.2) is 0 Å². The molecule has 1 amide bonds. The van der Waals surface area contributed by atoms with Gasteiger partial charge in [0, 0.05) is 68.0 Å². The molecule has 3 aromatic rings. The Morgan fingerprint density at radius 2 is 1.80 bits per heavy atom. The number of benzene rings is 1. The van der Waals surface area contributed by atoms with Gasteiger partial charge < -0.3 is 29.7 Å². The van der Waals surface area contributed by atoms with Crippen molar-refractivity contribution >= 4 is 23.2 Å². The van der Waals surface area contributed by atoms with Crippen molar-refractivity contribution in [2.45, 2.75) is 18.6 Å². The summed E-state index contributed by atoms with van der Waals surface area (Å²) in [5.41, 5.74) is -2.29. The fourth-order valence-corrected chi connectivity index (χ4v) is 5.00. The number of hydrogen-bond acceptors (Lipinski definition) is 8. The molecule has 4 heterocycles. The molecule has 0 unspecified atom stereocenters. The van der Waals surface area contributed by atoms with Crippen molar-refractivity contribution in [2.24, 2.45) is 0 Å². The fourth-order valence-electron chi connectivity index (χ4n) is 5.00. The van der Waals surface area contributed by atoms with Crippen molar-refractivity contribution in [1.29, 1.82) is 0 Å². The molecule has 2 N–H and O–H groups in total. The summed E-state index contributed by atoms with van der Waals surface area (Å²) in [4.78, 5) is 41.5. The third-order valence-corrected chi connectivity index (χ3v) is 7.29. The van der Waals surface area contributed by atoms with Gasteiger partial charge >= 0.3 is 6.18 Å². The minimum atomic E-state index is -4.94. The predicted octanol–water partition coefficient (Wildman–Crippen LogP) is 3.22. The van der Waals surface area contributed by atoms with E-state index in [1.807, 2.05) is 28.8 Å². The lowest BCUT2D eigenvalue weighted by molar-refractivity contribution is -0.138. The number of alkyl halides is 3. The molecular weight excluding hydrogens is 546 g/mol. The highest BCUT2D eigenvalue weighted by Gasteiger charge is 2.36. The van der Waals surface area contributed by atoms with Crippen molar-refractivity contribution < 1.29 is 27.1 Å². The van der Waals surface area contributed by atoms with E-state index in [4.69, 9.17) is 4.74 Å². The van der Waals surface area contributed by atoms with Crippen LogP contribution >= 0.6 is 0 Å². The number of aromatic amines is 1. The molecule has 10 nitrogen and oxygen atoms in total. The Balaban J connectivity index is 1.52. The van der Waals surface area contributed by atoms with Crippen LogP contribution < -0.4 is 20.7 Å². The highest BCUT2D eigenvalue weighted by molar-refractivity contribution is 6.07. The Hall–Kier alpha value is -4.04. The third kappa shape index (κ3) is 6.17. The highest BCUT2D eigenvalue weighted by atomic mass is 19.4. The number of H-pyrrole nitrogens is 1. The van der Waals surface area contributed by atoms with E-state index in [-0.39, 0.29) is 17.3 Å². The van der Waals surface area contributed by atoms with Gasteiger partial charge in [-0.1, -0.05) is 0 Å². The third-order valence-electron chi connectivity index (χ3n) is 7.29. The van der Waals surface area contributed by atoms with Crippen LogP contribution in [0, 0.1) is 5.82 Å². The van der Waals surface area contributed by atoms with Crippen molar-refractivity contribution in [2.75, 3.05) is 68.6 Å². The van der Waals surface area contributed by atoms with Crippen LogP contribution in [-0.4, -0.2) is 85.3 Å². The topological polar surface area (TPSA) is 107 Å². The van der Waals surface area contributed by atoms with E-state index < -0.39 is 34.6 Å². The Labute approximate surface area is 233 Å². The molecule has 2 aliphatic rings. The summed E-state index contributed by atoms with van der Waals surface area (Å²) < 4.78 is 61.9. The predicted molar refractivity (Wildman–Crippen MR) is 145 cm³/mol. The number of morpholine rings is 1. The number of nitrogens with one attached hydrogen (secondary N) is 2. The second-order valence-electron chi connectivity index (χ2n) is 10.1. The highest BCUT2D eigenvalue weighted by Crippen LogP contribution is 2.37. The maximum absolute atomic E-state index is 15.6. The molecule has 1 aromatic carbocycles. The number of halogens is 4. The molecule has 218 valence electrons. The number of likely N-dealkylation sites (N-methyl/N-ethyl adjacent to an activating group) is 1. The molecule has 2 saturated heterocycles. The van der Waals surface area contributed by atoms with E-state index in [2.05, 4.69) is 20.3 Å². The van der Waals surface area contributed by atoms with Gasteiger partial charge in [0.25, 0.3) is 5.91 Å². The normalized spacial score (nSPS) is 17.8. The minimum absolute atomic E-state index is 0.0680. The van der Waals surface area contributed by atoms with Gasteiger partial charge in [-0.05, 0) is 32.6 Å². The van der Waals surface area contributed by atoms with Crippen molar-refractivity contribution in [1.82, 2.24) is 19.9 Å². The van der Waals surface area contributed by atoms with Crippen molar-refractivity contribution in [3.8, 4) is 11.1 Å². The molecule has 0 saturated carbocycles. The van der Waals surface area contributed by atoms with Gasteiger partial charge in [-0.15, -0.1) is 0 Å². The molecule has 2 aliphatic heterocycles. The standard InChI is InChI=1S/C27H29F4N7O3/c1-36(2)17-3-4-38(15-17)23-11-21(28)18(16-12-33-26(34-13-16)37-5-7-41-8-6-37)9-22(23)35-25(40)19-14-32-24(39)10-20(19)27(29,30)31/h9-14,17H,3-8,15H2,1-2H3,(H,32,39)(H,35,40)/t17-/m0/s1. The first-order valence-corrected chi connectivity index (χ1v) is 13.0. The molecule has 0 bridgehead atoms. The van der Waals surface area contributed by atoms with Gasteiger partial charge in [-0.2, -0.15) is 13.2 Å². The van der Waals surface area contributed by atoms with E-state index in [1.54, 1.807) is 0 Å². The maximum Gasteiger partial charge on any atom is 0.417 e. The second-order valence-corrected chi connectivity index (χ2v) is 10.1. The van der Waals surface area contributed by atoms with Crippen molar-refractivity contribution in [3.05, 3.63) is 64.1 Å². The van der Waals surface area contributed by atoms with Gasteiger partial charge in [0.2, 0.25) is 11.5 Å². The van der Waals surface area contributed by atoms with Crippen LogP contribution in [0.1, 0.15) is 22.3 Å². The van der Waals surface area contributed by atoms with Gasteiger partial charge in [0.05, 0.1) is 35.7 Å². The first-order chi connectivity index (χ1) is 19.5. The number of ether oxygens (including phenoxy) is 1. The summed E-state index contributed by atoms with van der Waals surface area (Å²) in [6.07, 6.45) is -0.517. The first kappa shape index (κ1) is 28.5. The van der Waals surface area contributed by atoms with E-state index in [1.165, 1.54) is 24.5 Å². The molecule has 0 spiro atoms. The van der Waals surface area contributed by atoms with E-state index >= 15 is 4.39 Å². The summed E-state index contributed by atoms with van der Waals surface area (Å²) in [6.45, 7) is 3.40. The number of pyridine rings is 1. The average molecular weight is 576 g/mol. The van der Waals surface area contributed by atoms with Gasteiger partial charge in [-0.3, -0.25) is 9.59 Å². The Bertz CT molecular complexity index is 1470. The van der Waals surface area contributed by atoms with Crippen LogP contribution in [0.15, 0.2) is 41.6 Å². The van der Waals surface area contributed by atoms with Gasteiger partial charge in [-0.25, -0.2) is 14.4 Å². The molecule has 41 heavy (non-hydrogen) atoms. The Morgan fingerprint density at radius 1 is 1.10 bits per heavy atom. The zero-order valence-electron chi connectivity index (χ0n) is 22.5. The van der Waals surface area contributed by atoms with Crippen LogP contribution in [0.5, 0.6) is 0 Å². The minimum Gasteiger partial charge on any atom is -0.378 e. The maximum atomic E-state index is 15.6. The van der Waals surface area contributed by atoms with Crippen LogP contribution in [0.3, 0.4) is 0 Å². The number of amides is 1. The fraction of sp³-hybridized carbons (Fsp3) is 0.407. The second kappa shape index (κ2) is 11.4. The number of hydrogen-bond donors (Lipinski definition) is 2. The lowest BCUT2D eigenvalue weighted by atomic mass is 10.0. The first-order valence-electron chi connectivity index (χ1n) is 13.0. The molecule has 2 aromatic heterocycles. The van der Waals surface area contributed by atoms with Crippen LogP contribution in [0.2, 0.25) is 0 Å². The van der Waals surface area contributed by atoms with E-state index in [9.17, 15) is 22.8 Å². The molecule has 5 rings (SSSR count). The van der Waals surface area contributed by atoms with Gasteiger partial charge in [0.1, 0.15) is 5.82 Å². The smallest absolute Gasteiger partial charge is 0.378 e. The van der Waals surface area contributed by atoms with Crippen LogP contribution in [-0.2, 0) is 10.9 Å². The molecule has 14 heteroatoms. The number of nitrogens with zero attached hydrogens (tertiary/aromatic N) is 5. The largest absolute Gasteiger partial charge is 0.417 e. The molecule has 1 atom stereocenters. The van der Waals surface area contributed by atoms with Crippen molar-refractivity contribution in [3.63, 3.8) is 0 Å². The van der Waals surface area contributed by atoms with E-state index in [0.29, 0.717) is 62.7 Å². The lowest BCUT2D eigenvalue weighted by Gasteiger charge is -2.27. The summed E-state index contributed by atoms with van der Waals surface area (Å²) >= 11 is 0. The summed E-state index contributed by atoms with van der Waals surface area (Å²) in [6, 6.07) is 3.13. The van der Waals surface area contributed by atoms with Crippen LogP contribution in [0.25, 0.3) is 11.1 Å². The molecular formula is C27H29F4N7O3. The number of aromatic nitrogens is 3. The number of carbonyl (C=O) groups excluding carboxylic acids is 1. The summed E-state index contributed by atoms with van der Waals surface area (Å²) in [5.74, 6) is -1.24. The Kier molecular flexibility index (Phi) is 7.95. The van der Waals surface area contributed by atoms with Crippen LogP contribution in [0.4, 0.5) is 34.9 Å². The average Bonchev–Trinajstić information content (AvgIpc) is 3.44. The zero-order valence-corrected chi connectivity index (χ0v) is 22.5. The number of carbonyl (C=O) groups is 1. The number of rotatable bonds is 6. The monoisotopic (exact) mass is 575 g/mol. The SMILES string of the molecule is CN(C)[C@H]1CCN(c2cc(F)c(-c3cnc(N4CCOCC4)nc3)cc2NC(=O)c2c[nH]c(=O)cc2C(F)(F)F)C1. The molecule has 2 fully saturated rings. The lowest BCUT2D eigenvalue weighted by Crippen LogP contribution is -2.37. The molecule has 0 radical (unpaired) electrons. The summed E-state index contributed by atoms with van der Waals surface area (Å²) in [7, 11) is 3.85.